The maximum Gasteiger partial charge on any atom is 0.0688 e. The average Bonchev–Trinajstić information content (AvgIpc) is 2.95. The van der Waals surface area contributed by atoms with Crippen LogP contribution in [0.4, 0.5) is 5.69 Å². The third-order valence-corrected chi connectivity index (χ3v) is 8.09. The molecule has 0 amide bonds. The van der Waals surface area contributed by atoms with Gasteiger partial charge in [0, 0.05) is 80.2 Å². The van der Waals surface area contributed by atoms with Crippen molar-refractivity contribution >= 4 is 23.7 Å². The van der Waals surface area contributed by atoms with Gasteiger partial charge in [-0.15, -0.1) is 11.8 Å². The van der Waals surface area contributed by atoms with Crippen LogP contribution < -0.4 is 24.8 Å². The fourth-order valence-electron chi connectivity index (χ4n) is 4.47. The molecule has 5 rings (SSSR count). The van der Waals surface area contributed by atoms with E-state index in [1.165, 1.54) is 71.2 Å². The first kappa shape index (κ1) is 40.4. The summed E-state index contributed by atoms with van der Waals surface area (Å²) in [7, 11) is 0. The van der Waals surface area contributed by atoms with Crippen LogP contribution in [0.2, 0.25) is 0 Å². The van der Waals surface area contributed by atoms with Crippen molar-refractivity contribution in [3.8, 4) is 0 Å². The Bertz CT molecular complexity index is 1080. The van der Waals surface area contributed by atoms with Gasteiger partial charge in [0.2, 0.25) is 0 Å². The number of halogens is 2. The molecule has 3 nitrogen and oxygen atoms in total. The number of rotatable bonds is 5. The number of hydrogen-bond acceptors (Lipinski definition) is 4. The van der Waals surface area contributed by atoms with Crippen LogP contribution in [0.5, 0.6) is 0 Å². The Labute approximate surface area is 294 Å². The molecule has 0 atom stereocenters. The van der Waals surface area contributed by atoms with Crippen molar-refractivity contribution in [3.05, 3.63) is 94.0 Å². The second-order valence-corrected chi connectivity index (χ2v) is 11.1. The number of hydrogen-bond donors (Lipinski definition) is 0. The van der Waals surface area contributed by atoms with E-state index >= 15 is 0 Å². The van der Waals surface area contributed by atoms with Crippen LogP contribution in [0.3, 0.4) is 0 Å². The van der Waals surface area contributed by atoms with Gasteiger partial charge in [0.1, 0.15) is 0 Å². The van der Waals surface area contributed by atoms with E-state index < -0.39 is 0 Å². The van der Waals surface area contributed by atoms with Gasteiger partial charge in [-0.05, 0) is 106 Å². The smallest absolute Gasteiger partial charge is 0.0688 e. The van der Waals surface area contributed by atoms with Gasteiger partial charge < -0.3 is 34.3 Å². The van der Waals surface area contributed by atoms with Gasteiger partial charge in [0.15, 0.2) is 0 Å². The number of thioether (sulfide) groups is 1. The molecule has 2 heterocycles. The van der Waals surface area contributed by atoms with E-state index in [-0.39, 0.29) is 61.7 Å². The molecule has 1 radical (unpaired) electrons. The van der Waals surface area contributed by atoms with Crippen LogP contribution in [-0.2, 0) is 15.2 Å². The summed E-state index contributed by atoms with van der Waals surface area (Å²) in [5.41, 5.74) is 8.66. The number of ether oxygens (including phenoxy) is 2. The Morgan fingerprint density at radius 2 is 1.12 bits per heavy atom. The van der Waals surface area contributed by atoms with Gasteiger partial charge in [-0.2, -0.15) is 0 Å². The molecule has 0 N–H and O–H groups in total. The van der Waals surface area contributed by atoms with Gasteiger partial charge in [-0.3, -0.25) is 4.99 Å². The summed E-state index contributed by atoms with van der Waals surface area (Å²) < 4.78 is 10.1. The topological polar surface area (TPSA) is 30.8 Å². The summed E-state index contributed by atoms with van der Waals surface area (Å²) in [4.78, 5) is 6.12. The first-order valence-corrected chi connectivity index (χ1v) is 15.1. The first-order valence-electron chi connectivity index (χ1n) is 14.1. The first-order chi connectivity index (χ1) is 18.5. The van der Waals surface area contributed by atoms with E-state index in [0.29, 0.717) is 0 Å². The van der Waals surface area contributed by atoms with Crippen LogP contribution >= 0.6 is 11.8 Å². The zero-order valence-corrected chi connectivity index (χ0v) is 28.8. The van der Waals surface area contributed by atoms with E-state index in [1.807, 2.05) is 18.0 Å². The van der Waals surface area contributed by atoms with Gasteiger partial charge in [0.25, 0.3) is 0 Å². The van der Waals surface area contributed by atoms with Crippen molar-refractivity contribution in [2.45, 2.75) is 76.9 Å². The molecule has 2 saturated heterocycles. The Kier molecular flexibility index (Phi) is 23.5. The summed E-state index contributed by atoms with van der Waals surface area (Å²) in [6.07, 6.45) is 9.84. The number of nitrogens with zero attached hydrogens (tertiary/aromatic N) is 1. The van der Waals surface area contributed by atoms with Crippen molar-refractivity contribution in [1.29, 1.82) is 0 Å². The second kappa shape index (κ2) is 23.8. The standard InChI is InChI=1S/C24H25NS.2C5H10O.2ClH.Lu/c1-17-8-5-9-18(2)23(17)25-15-21-12-7-13-22(14-21)16-26-24-19(3)10-6-11-20(24)4;2*1-2-4-6-5-3-1;;;/h5-15H,16H2,1-4H3;2*1-5H2;2*1H;/p-2. The minimum Gasteiger partial charge on any atom is -1.00 e. The summed E-state index contributed by atoms with van der Waals surface area (Å²) in [6.45, 7) is 12.6. The molecule has 2 fully saturated rings. The van der Waals surface area contributed by atoms with E-state index in [9.17, 15) is 0 Å². The third kappa shape index (κ3) is 15.6. The van der Waals surface area contributed by atoms with Gasteiger partial charge in [-0.1, -0.05) is 54.6 Å². The zero-order valence-electron chi connectivity index (χ0n) is 24.8. The molecule has 0 aliphatic carbocycles. The fourth-order valence-corrected chi connectivity index (χ4v) is 5.55. The number of aryl methyl sites for hydroxylation is 4. The normalized spacial score (nSPS) is 14.1. The zero-order chi connectivity index (χ0) is 27.0. The molecule has 0 bridgehead atoms. The maximum atomic E-state index is 5.07. The molecule has 0 spiro atoms. The SMILES string of the molecule is C1CCOCC1.C1CCOCC1.Cc1cccc(C)c1N=Cc1cccc(CSc2c(C)cccc2C)c1.[Cl-].[Cl-].[Lu]. The molecule has 0 unspecified atom stereocenters. The Balaban J connectivity index is 0.000000884. The van der Waals surface area contributed by atoms with Crippen LogP contribution in [0, 0.1) is 64.6 Å². The predicted octanol–water partition coefficient (Wildman–Crippen LogP) is 3.34. The predicted molar refractivity (Wildman–Crippen MR) is 164 cm³/mol. The van der Waals surface area contributed by atoms with Crippen LogP contribution in [0.15, 0.2) is 70.6 Å². The monoisotopic (exact) mass is 776 g/mol. The van der Waals surface area contributed by atoms with Crippen molar-refractivity contribution in [2.24, 2.45) is 4.99 Å². The van der Waals surface area contributed by atoms with Crippen molar-refractivity contribution in [3.63, 3.8) is 0 Å². The molecule has 2 aliphatic rings. The summed E-state index contributed by atoms with van der Waals surface area (Å²) in [5.74, 6) is 0.969. The summed E-state index contributed by atoms with van der Waals surface area (Å²) in [5, 5.41) is 0. The minimum atomic E-state index is 0. The minimum absolute atomic E-state index is 0. The van der Waals surface area contributed by atoms with Crippen LogP contribution in [-0.4, -0.2) is 32.6 Å². The van der Waals surface area contributed by atoms with Crippen molar-refractivity contribution < 1.29 is 71.2 Å². The van der Waals surface area contributed by atoms with Gasteiger partial charge >= 0.3 is 0 Å². The van der Waals surface area contributed by atoms with E-state index in [0.717, 1.165) is 43.4 Å². The van der Waals surface area contributed by atoms with E-state index in [2.05, 4.69) is 88.4 Å². The molecular formula is C34H45Cl2LuNO2S-2. The number of benzene rings is 3. The second-order valence-electron chi connectivity index (χ2n) is 10.1. The molecule has 41 heavy (non-hydrogen) atoms. The molecule has 2 aliphatic heterocycles. The number of aliphatic imine (C=N–C) groups is 1. The molecule has 0 aromatic heterocycles. The van der Waals surface area contributed by atoms with Crippen molar-refractivity contribution in [2.75, 3.05) is 26.4 Å². The molecule has 3 aromatic carbocycles. The van der Waals surface area contributed by atoms with E-state index in [1.54, 1.807) is 0 Å². The Morgan fingerprint density at radius 3 is 1.56 bits per heavy atom. The molecule has 235 valence electrons. The Hall–Kier alpha value is -0.586. The quantitative estimate of drug-likeness (QED) is 0.295. The molecule has 0 saturated carbocycles. The molecule has 3 aromatic rings. The average molecular weight is 778 g/mol. The number of para-hydroxylation sites is 1. The van der Waals surface area contributed by atoms with Gasteiger partial charge in [0.05, 0.1) is 5.69 Å². The van der Waals surface area contributed by atoms with Crippen LogP contribution in [0.1, 0.15) is 71.9 Å². The van der Waals surface area contributed by atoms with Gasteiger partial charge in [-0.25, -0.2) is 0 Å². The summed E-state index contributed by atoms with van der Waals surface area (Å²) >= 11 is 1.91. The largest absolute Gasteiger partial charge is 1.00 e. The summed E-state index contributed by atoms with van der Waals surface area (Å²) in [6, 6.07) is 21.4. The van der Waals surface area contributed by atoms with E-state index in [4.69, 9.17) is 14.5 Å². The third-order valence-electron chi connectivity index (χ3n) is 6.68. The maximum absolute atomic E-state index is 5.07. The van der Waals surface area contributed by atoms with Crippen LogP contribution in [0.25, 0.3) is 0 Å². The molecular weight excluding hydrogens is 732 g/mol. The van der Waals surface area contributed by atoms with Crippen molar-refractivity contribution in [1.82, 2.24) is 0 Å². The molecule has 7 heteroatoms. The fraction of sp³-hybridized carbons (Fsp3) is 0.441. The Morgan fingerprint density at radius 1 is 0.659 bits per heavy atom.